The van der Waals surface area contributed by atoms with Gasteiger partial charge in [0.05, 0.1) is 5.02 Å². The summed E-state index contributed by atoms with van der Waals surface area (Å²) >= 11 is 5.96. The molecule has 1 atom stereocenters. The average Bonchev–Trinajstić information content (AvgIpc) is 2.29. The molecule has 0 aromatic heterocycles. The minimum absolute atomic E-state index is 0.225. The summed E-state index contributed by atoms with van der Waals surface area (Å²) in [6.45, 7) is 5.98. The van der Waals surface area contributed by atoms with Gasteiger partial charge in [-0.15, -0.1) is 0 Å². The molecule has 0 bridgehead atoms. The van der Waals surface area contributed by atoms with E-state index >= 15 is 0 Å². The highest BCUT2D eigenvalue weighted by atomic mass is 35.5. The van der Waals surface area contributed by atoms with Gasteiger partial charge in [-0.1, -0.05) is 37.6 Å². The van der Waals surface area contributed by atoms with E-state index in [9.17, 15) is 4.39 Å². The molecule has 0 aliphatic carbocycles. The van der Waals surface area contributed by atoms with E-state index in [0.29, 0.717) is 18.5 Å². The van der Waals surface area contributed by atoms with Gasteiger partial charge in [-0.25, -0.2) is 4.39 Å². The van der Waals surface area contributed by atoms with Crippen LogP contribution in [0.15, 0.2) is 18.2 Å². The molecule has 0 heterocycles. The van der Waals surface area contributed by atoms with Crippen molar-refractivity contribution < 1.29 is 4.39 Å². The maximum absolute atomic E-state index is 13.4. The van der Waals surface area contributed by atoms with Crippen LogP contribution in [0.3, 0.4) is 0 Å². The summed E-state index contributed by atoms with van der Waals surface area (Å²) in [5.74, 6) is 0.273. The number of hydrogen-bond donors (Lipinski definition) is 1. The van der Waals surface area contributed by atoms with Gasteiger partial charge in [0.15, 0.2) is 0 Å². The number of benzene rings is 1. The Kier molecular flexibility index (Phi) is 6.76. The topological polar surface area (TPSA) is 15.3 Å². The van der Waals surface area contributed by atoms with Crippen molar-refractivity contribution in [2.24, 2.45) is 5.92 Å². The Balaban J connectivity index is 2.62. The summed E-state index contributed by atoms with van der Waals surface area (Å²) in [6.07, 6.45) is 1.09. The van der Waals surface area contributed by atoms with Crippen LogP contribution in [-0.2, 0) is 6.54 Å². The quantitative estimate of drug-likeness (QED) is 0.825. The van der Waals surface area contributed by atoms with E-state index in [2.05, 4.69) is 38.2 Å². The smallest absolute Gasteiger partial charge is 0.142 e. The zero-order chi connectivity index (χ0) is 14.4. The molecule has 0 spiro atoms. The van der Waals surface area contributed by atoms with Crippen molar-refractivity contribution in [2.45, 2.75) is 32.9 Å². The Labute approximate surface area is 120 Å². The van der Waals surface area contributed by atoms with Crippen LogP contribution in [0.25, 0.3) is 0 Å². The zero-order valence-electron chi connectivity index (χ0n) is 12.2. The van der Waals surface area contributed by atoms with Crippen LogP contribution >= 0.6 is 11.6 Å². The molecule has 19 heavy (non-hydrogen) atoms. The molecule has 1 unspecified atom stereocenters. The van der Waals surface area contributed by atoms with Crippen LogP contribution in [0.5, 0.6) is 0 Å². The molecular formula is C15H24ClFN2. The van der Waals surface area contributed by atoms with E-state index in [4.69, 9.17) is 11.6 Å². The van der Waals surface area contributed by atoms with Gasteiger partial charge in [-0.2, -0.15) is 0 Å². The fourth-order valence-electron chi connectivity index (χ4n) is 2.17. The molecule has 2 nitrogen and oxygen atoms in total. The Bertz CT molecular complexity index is 384. The lowest BCUT2D eigenvalue weighted by molar-refractivity contribution is 0.305. The summed E-state index contributed by atoms with van der Waals surface area (Å²) in [7, 11) is 4.12. The molecule has 0 aliphatic rings. The van der Waals surface area contributed by atoms with Gasteiger partial charge in [0.1, 0.15) is 5.82 Å². The SMILES string of the molecule is CC(C)CC(CN(C)C)NCc1cccc(F)c1Cl. The fraction of sp³-hybridized carbons (Fsp3) is 0.600. The lowest BCUT2D eigenvalue weighted by atomic mass is 10.0. The summed E-state index contributed by atoms with van der Waals surface area (Å²) in [6, 6.07) is 5.33. The molecule has 1 N–H and O–H groups in total. The van der Waals surface area contributed by atoms with Crippen molar-refractivity contribution in [1.82, 2.24) is 10.2 Å². The fourth-order valence-corrected chi connectivity index (χ4v) is 2.36. The molecule has 0 radical (unpaired) electrons. The molecule has 0 aliphatic heterocycles. The molecule has 0 amide bonds. The standard InChI is InChI=1S/C15H24ClFN2/c1-11(2)8-13(10-19(3)4)18-9-12-6-5-7-14(17)15(12)16/h5-7,11,13,18H,8-10H2,1-4H3. The highest BCUT2D eigenvalue weighted by Gasteiger charge is 2.13. The predicted octanol–water partition coefficient (Wildman–Crippen LogP) is 3.55. The number of nitrogens with zero attached hydrogens (tertiary/aromatic N) is 1. The largest absolute Gasteiger partial charge is 0.309 e. The number of rotatable bonds is 7. The lowest BCUT2D eigenvalue weighted by Gasteiger charge is -2.24. The van der Waals surface area contributed by atoms with E-state index < -0.39 is 0 Å². The third-order valence-corrected chi connectivity index (χ3v) is 3.38. The monoisotopic (exact) mass is 286 g/mol. The van der Waals surface area contributed by atoms with Crippen LogP contribution in [0.1, 0.15) is 25.8 Å². The first-order chi connectivity index (χ1) is 8.90. The minimum atomic E-state index is -0.353. The van der Waals surface area contributed by atoms with Gasteiger partial charge < -0.3 is 10.2 Å². The molecule has 4 heteroatoms. The number of halogens is 2. The van der Waals surface area contributed by atoms with Crippen molar-refractivity contribution >= 4 is 11.6 Å². The maximum Gasteiger partial charge on any atom is 0.142 e. The number of nitrogens with one attached hydrogen (secondary N) is 1. The van der Waals surface area contributed by atoms with Crippen LogP contribution in [0.2, 0.25) is 5.02 Å². The van der Waals surface area contributed by atoms with Crippen molar-refractivity contribution in [3.05, 3.63) is 34.6 Å². The normalized spacial score (nSPS) is 13.3. The van der Waals surface area contributed by atoms with E-state index in [1.165, 1.54) is 6.07 Å². The molecule has 1 rings (SSSR count). The minimum Gasteiger partial charge on any atom is -0.309 e. The van der Waals surface area contributed by atoms with Gasteiger partial charge in [-0.3, -0.25) is 0 Å². The second kappa shape index (κ2) is 7.83. The highest BCUT2D eigenvalue weighted by Crippen LogP contribution is 2.19. The van der Waals surface area contributed by atoms with Gasteiger partial charge in [0.2, 0.25) is 0 Å². The molecule has 0 saturated heterocycles. The molecule has 108 valence electrons. The third kappa shape index (κ3) is 5.89. The van der Waals surface area contributed by atoms with Crippen LogP contribution in [0.4, 0.5) is 4.39 Å². The van der Waals surface area contributed by atoms with E-state index in [0.717, 1.165) is 18.5 Å². The Hall–Kier alpha value is -0.640. The van der Waals surface area contributed by atoms with Crippen molar-refractivity contribution in [3.8, 4) is 0 Å². The average molecular weight is 287 g/mol. The number of likely N-dealkylation sites (N-methyl/N-ethyl adjacent to an activating group) is 1. The van der Waals surface area contributed by atoms with Gasteiger partial charge >= 0.3 is 0 Å². The van der Waals surface area contributed by atoms with Gasteiger partial charge in [-0.05, 0) is 38.1 Å². The first-order valence-electron chi connectivity index (χ1n) is 6.71. The van der Waals surface area contributed by atoms with Gasteiger partial charge in [0.25, 0.3) is 0 Å². The molecule has 1 aromatic carbocycles. The van der Waals surface area contributed by atoms with E-state index in [-0.39, 0.29) is 10.8 Å². The second-order valence-corrected chi connectivity index (χ2v) is 6.06. The van der Waals surface area contributed by atoms with Crippen molar-refractivity contribution in [1.29, 1.82) is 0 Å². The van der Waals surface area contributed by atoms with E-state index in [1.807, 2.05) is 6.07 Å². The Morgan fingerprint density at radius 1 is 1.32 bits per heavy atom. The summed E-state index contributed by atoms with van der Waals surface area (Å²) in [5.41, 5.74) is 0.814. The van der Waals surface area contributed by atoms with Crippen LogP contribution in [0, 0.1) is 11.7 Å². The maximum atomic E-state index is 13.4. The molecule has 1 aromatic rings. The second-order valence-electron chi connectivity index (χ2n) is 5.68. The predicted molar refractivity (Wildman–Crippen MR) is 80.0 cm³/mol. The Morgan fingerprint density at radius 2 is 2.00 bits per heavy atom. The van der Waals surface area contributed by atoms with Crippen LogP contribution in [-0.4, -0.2) is 31.6 Å². The Morgan fingerprint density at radius 3 is 2.58 bits per heavy atom. The molecule has 0 fully saturated rings. The third-order valence-electron chi connectivity index (χ3n) is 2.95. The summed E-state index contributed by atoms with van der Waals surface area (Å²) in [4.78, 5) is 2.16. The van der Waals surface area contributed by atoms with Crippen molar-refractivity contribution in [3.63, 3.8) is 0 Å². The van der Waals surface area contributed by atoms with Crippen molar-refractivity contribution in [2.75, 3.05) is 20.6 Å². The first kappa shape index (κ1) is 16.4. The first-order valence-corrected chi connectivity index (χ1v) is 7.09. The molecule has 0 saturated carbocycles. The van der Waals surface area contributed by atoms with E-state index in [1.54, 1.807) is 6.07 Å². The zero-order valence-corrected chi connectivity index (χ0v) is 13.0. The van der Waals surface area contributed by atoms with Gasteiger partial charge in [0, 0.05) is 19.1 Å². The summed E-state index contributed by atoms with van der Waals surface area (Å²) in [5, 5.41) is 3.70. The number of hydrogen-bond acceptors (Lipinski definition) is 2. The van der Waals surface area contributed by atoms with Crippen LogP contribution < -0.4 is 5.32 Å². The highest BCUT2D eigenvalue weighted by molar-refractivity contribution is 6.31. The molecular weight excluding hydrogens is 263 g/mol. The summed E-state index contributed by atoms with van der Waals surface area (Å²) < 4.78 is 13.4. The lowest BCUT2D eigenvalue weighted by Crippen LogP contribution is -2.38.